The molecule has 0 aromatic heterocycles. The normalized spacial score (nSPS) is 10.0. The van der Waals surface area contributed by atoms with Crippen molar-refractivity contribution in [3.05, 3.63) is 53.8 Å². The molecule has 0 aliphatic carbocycles. The highest BCUT2D eigenvalue weighted by Gasteiger charge is 2.15. The summed E-state index contributed by atoms with van der Waals surface area (Å²) in [6.07, 6.45) is 0. The molecule has 3 N–H and O–H groups in total. The van der Waals surface area contributed by atoms with Gasteiger partial charge in [0.05, 0.1) is 18.9 Å². The van der Waals surface area contributed by atoms with Gasteiger partial charge in [-0.1, -0.05) is 12.1 Å². The number of benzene rings is 2. The highest BCUT2D eigenvalue weighted by atomic mass is 19.1. The summed E-state index contributed by atoms with van der Waals surface area (Å²) in [7, 11) is 0. The van der Waals surface area contributed by atoms with E-state index in [9.17, 15) is 23.6 Å². The zero-order chi connectivity index (χ0) is 24.2. The number of rotatable bonds is 10. The summed E-state index contributed by atoms with van der Waals surface area (Å²) in [4.78, 5) is 47.5. The van der Waals surface area contributed by atoms with Crippen molar-refractivity contribution in [3.8, 4) is 11.5 Å². The largest absolute Gasteiger partial charge is 0.490 e. The van der Waals surface area contributed by atoms with Crippen molar-refractivity contribution >= 4 is 29.5 Å². The van der Waals surface area contributed by atoms with Crippen LogP contribution in [0.2, 0.25) is 0 Å². The molecule has 4 amide bonds. The van der Waals surface area contributed by atoms with Gasteiger partial charge in [-0.25, -0.2) is 9.18 Å². The van der Waals surface area contributed by atoms with Crippen molar-refractivity contribution in [1.29, 1.82) is 0 Å². The molecular formula is C22H24FN3O7. The molecule has 2 rings (SSSR count). The van der Waals surface area contributed by atoms with Crippen LogP contribution in [0.3, 0.4) is 0 Å². The first-order valence-corrected chi connectivity index (χ1v) is 10.0. The topological polar surface area (TPSA) is 132 Å². The molecule has 0 saturated heterocycles. The van der Waals surface area contributed by atoms with E-state index >= 15 is 0 Å². The van der Waals surface area contributed by atoms with Crippen LogP contribution in [0.25, 0.3) is 0 Å². The van der Waals surface area contributed by atoms with Crippen LogP contribution < -0.4 is 25.4 Å². The second kappa shape index (κ2) is 12.6. The number of para-hydroxylation sites is 1. The number of carbonyl (C=O) groups is 4. The lowest BCUT2D eigenvalue weighted by Crippen LogP contribution is -2.38. The Morgan fingerprint density at radius 2 is 1.64 bits per heavy atom. The van der Waals surface area contributed by atoms with E-state index in [0.717, 1.165) is 6.07 Å². The van der Waals surface area contributed by atoms with E-state index in [1.165, 1.54) is 30.3 Å². The Kier molecular flexibility index (Phi) is 9.62. The Labute approximate surface area is 189 Å². The van der Waals surface area contributed by atoms with Crippen molar-refractivity contribution in [3.63, 3.8) is 0 Å². The molecule has 0 unspecified atom stereocenters. The number of esters is 1. The minimum atomic E-state index is -0.991. The average Bonchev–Trinajstić information content (AvgIpc) is 2.79. The van der Waals surface area contributed by atoms with E-state index < -0.39 is 42.8 Å². The molecule has 0 aliphatic heterocycles. The lowest BCUT2D eigenvalue weighted by atomic mass is 10.2. The van der Waals surface area contributed by atoms with Gasteiger partial charge >= 0.3 is 12.0 Å². The van der Waals surface area contributed by atoms with E-state index in [1.54, 1.807) is 13.0 Å². The standard InChI is InChI=1S/C22H24FN3O7/c1-3-31-17-10-9-14(11-18(17)32-4-2)21(29)24-12-20(28)33-13-19(27)26-22(30)25-16-8-6-5-7-15(16)23/h5-11H,3-4,12-13H2,1-2H3,(H,24,29)(H2,25,26,27,30). The molecule has 0 heterocycles. The third-order valence-electron chi connectivity index (χ3n) is 3.94. The highest BCUT2D eigenvalue weighted by molar-refractivity contribution is 6.02. The van der Waals surface area contributed by atoms with Crippen molar-refractivity contribution < 1.29 is 37.8 Å². The number of carbonyl (C=O) groups excluding carboxylic acids is 4. The maximum Gasteiger partial charge on any atom is 0.326 e. The minimum absolute atomic E-state index is 0.121. The first-order valence-electron chi connectivity index (χ1n) is 10.0. The molecule has 10 nitrogen and oxygen atoms in total. The van der Waals surface area contributed by atoms with E-state index in [-0.39, 0.29) is 11.3 Å². The SMILES string of the molecule is CCOc1ccc(C(=O)NCC(=O)OCC(=O)NC(=O)Nc2ccccc2F)cc1OCC. The fourth-order valence-electron chi connectivity index (χ4n) is 2.52. The van der Waals surface area contributed by atoms with Crippen LogP contribution in [0.4, 0.5) is 14.9 Å². The third kappa shape index (κ3) is 8.13. The lowest BCUT2D eigenvalue weighted by molar-refractivity contribution is -0.147. The monoisotopic (exact) mass is 461 g/mol. The van der Waals surface area contributed by atoms with Crippen LogP contribution in [-0.4, -0.2) is 50.2 Å². The number of ether oxygens (including phenoxy) is 3. The highest BCUT2D eigenvalue weighted by Crippen LogP contribution is 2.28. The van der Waals surface area contributed by atoms with Crippen LogP contribution >= 0.6 is 0 Å². The molecule has 2 aromatic carbocycles. The van der Waals surface area contributed by atoms with E-state index in [2.05, 4.69) is 10.6 Å². The first kappa shape index (κ1) is 25.1. The second-order valence-electron chi connectivity index (χ2n) is 6.35. The third-order valence-corrected chi connectivity index (χ3v) is 3.94. The molecular weight excluding hydrogens is 437 g/mol. The van der Waals surface area contributed by atoms with Gasteiger partial charge in [-0.15, -0.1) is 0 Å². The molecule has 0 saturated carbocycles. The Bertz CT molecular complexity index is 1010. The van der Waals surface area contributed by atoms with Crippen LogP contribution in [0.15, 0.2) is 42.5 Å². The maximum absolute atomic E-state index is 13.5. The van der Waals surface area contributed by atoms with Gasteiger partial charge in [0, 0.05) is 5.56 Å². The summed E-state index contributed by atoms with van der Waals surface area (Å²) in [5.74, 6) is -2.20. The molecule has 0 radical (unpaired) electrons. The summed E-state index contributed by atoms with van der Waals surface area (Å²) in [5.41, 5.74) is 0.113. The second-order valence-corrected chi connectivity index (χ2v) is 6.35. The average molecular weight is 461 g/mol. The molecule has 0 fully saturated rings. The lowest BCUT2D eigenvalue weighted by Gasteiger charge is -2.12. The Morgan fingerprint density at radius 1 is 0.939 bits per heavy atom. The van der Waals surface area contributed by atoms with Crippen LogP contribution in [-0.2, 0) is 14.3 Å². The van der Waals surface area contributed by atoms with Gasteiger partial charge in [-0.2, -0.15) is 0 Å². The number of urea groups is 1. The van der Waals surface area contributed by atoms with Crippen LogP contribution in [0, 0.1) is 5.82 Å². The number of hydrogen-bond acceptors (Lipinski definition) is 7. The van der Waals surface area contributed by atoms with Crippen molar-refractivity contribution in [1.82, 2.24) is 10.6 Å². The van der Waals surface area contributed by atoms with Gasteiger partial charge in [-0.3, -0.25) is 19.7 Å². The van der Waals surface area contributed by atoms with Gasteiger partial charge in [0.2, 0.25) is 0 Å². The van der Waals surface area contributed by atoms with Gasteiger partial charge < -0.3 is 24.8 Å². The smallest absolute Gasteiger partial charge is 0.326 e. The molecule has 0 atom stereocenters. The van der Waals surface area contributed by atoms with E-state index in [4.69, 9.17) is 14.2 Å². The molecule has 176 valence electrons. The number of imide groups is 1. The van der Waals surface area contributed by atoms with Crippen molar-refractivity contribution in [2.45, 2.75) is 13.8 Å². The number of anilines is 1. The van der Waals surface area contributed by atoms with Crippen molar-refractivity contribution in [2.75, 3.05) is 31.7 Å². The zero-order valence-electron chi connectivity index (χ0n) is 18.1. The van der Waals surface area contributed by atoms with Gasteiger partial charge in [0.1, 0.15) is 12.4 Å². The number of amides is 4. The number of hydrogen-bond donors (Lipinski definition) is 3. The molecule has 11 heteroatoms. The summed E-state index contributed by atoms with van der Waals surface area (Å²) < 4.78 is 29.1. The molecule has 2 aromatic rings. The molecule has 0 spiro atoms. The number of halogens is 1. The minimum Gasteiger partial charge on any atom is -0.490 e. The molecule has 0 aliphatic rings. The summed E-state index contributed by atoms with van der Waals surface area (Å²) in [6.45, 7) is 3.13. The first-order chi connectivity index (χ1) is 15.8. The van der Waals surface area contributed by atoms with Gasteiger partial charge in [-0.05, 0) is 44.2 Å². The summed E-state index contributed by atoms with van der Waals surface area (Å²) in [5, 5.41) is 6.40. The Balaban J connectivity index is 1.77. The quantitative estimate of drug-likeness (QED) is 0.462. The van der Waals surface area contributed by atoms with E-state index in [0.29, 0.717) is 24.7 Å². The summed E-state index contributed by atoms with van der Waals surface area (Å²) >= 11 is 0. The summed E-state index contributed by atoms with van der Waals surface area (Å²) in [6, 6.07) is 8.97. The number of nitrogens with one attached hydrogen (secondary N) is 3. The Hall–Kier alpha value is -4.15. The van der Waals surface area contributed by atoms with Gasteiger partial charge in [0.15, 0.2) is 18.1 Å². The van der Waals surface area contributed by atoms with Crippen LogP contribution in [0.5, 0.6) is 11.5 Å². The zero-order valence-corrected chi connectivity index (χ0v) is 18.1. The predicted molar refractivity (Wildman–Crippen MR) is 116 cm³/mol. The fraction of sp³-hybridized carbons (Fsp3) is 0.273. The predicted octanol–water partition coefficient (Wildman–Crippen LogP) is 2.24. The molecule has 33 heavy (non-hydrogen) atoms. The van der Waals surface area contributed by atoms with Crippen molar-refractivity contribution in [2.24, 2.45) is 0 Å². The van der Waals surface area contributed by atoms with Gasteiger partial charge in [0.25, 0.3) is 11.8 Å². The Morgan fingerprint density at radius 3 is 2.33 bits per heavy atom. The van der Waals surface area contributed by atoms with E-state index in [1.807, 2.05) is 12.2 Å². The van der Waals surface area contributed by atoms with Crippen LogP contribution in [0.1, 0.15) is 24.2 Å². The fourth-order valence-corrected chi connectivity index (χ4v) is 2.52. The maximum atomic E-state index is 13.5. The molecule has 0 bridgehead atoms.